The Kier molecular flexibility index (Phi) is 3.59. The van der Waals surface area contributed by atoms with Crippen LogP contribution in [0.25, 0.3) is 0 Å². The Morgan fingerprint density at radius 2 is 1.71 bits per heavy atom. The number of hydrogen-bond acceptors (Lipinski definition) is 3. The van der Waals surface area contributed by atoms with Crippen molar-refractivity contribution in [2.45, 2.75) is 42.6 Å². The summed E-state index contributed by atoms with van der Waals surface area (Å²) < 4.78 is 50.0. The molecule has 2 fully saturated rings. The summed E-state index contributed by atoms with van der Waals surface area (Å²) in [6, 6.07) is 3.43. The molecule has 114 valence electrons. The maximum absolute atomic E-state index is 13.1. The van der Waals surface area contributed by atoms with E-state index in [4.69, 9.17) is 0 Å². The fraction of sp³-hybridized carbons (Fsp3) is 0.533. The molecule has 2 unspecified atom stereocenters. The van der Waals surface area contributed by atoms with Gasteiger partial charge in [0.2, 0.25) is 0 Å². The predicted octanol–water partition coefficient (Wildman–Crippen LogP) is 2.43. The molecule has 0 aromatic heterocycles. The molecule has 1 aromatic carbocycles. The quantitative estimate of drug-likeness (QED) is 0.861. The highest BCUT2D eigenvalue weighted by molar-refractivity contribution is 7.93. The Morgan fingerprint density at radius 1 is 1.10 bits per heavy atom. The topological polar surface area (TPSA) is 51.2 Å². The molecule has 2 heterocycles. The third-order valence-electron chi connectivity index (χ3n) is 4.65. The first-order chi connectivity index (χ1) is 9.88. The number of hydrogen-bond donors (Lipinski definition) is 0. The van der Waals surface area contributed by atoms with E-state index >= 15 is 0 Å². The molecule has 2 aliphatic rings. The maximum Gasteiger partial charge on any atom is 0.159 e. The minimum atomic E-state index is -3.04. The van der Waals surface area contributed by atoms with Crippen molar-refractivity contribution < 1.29 is 22.0 Å². The van der Waals surface area contributed by atoms with Gasteiger partial charge in [-0.3, -0.25) is 4.79 Å². The van der Waals surface area contributed by atoms with Gasteiger partial charge in [-0.05, 0) is 43.4 Å². The van der Waals surface area contributed by atoms with Crippen LogP contribution in [0.3, 0.4) is 0 Å². The monoisotopic (exact) mass is 314 g/mol. The summed E-state index contributed by atoms with van der Waals surface area (Å²) in [7, 11) is -3.04. The van der Waals surface area contributed by atoms with Crippen LogP contribution < -0.4 is 0 Å². The summed E-state index contributed by atoms with van der Waals surface area (Å²) in [5, 5.41) is -0.787. The highest BCUT2D eigenvalue weighted by Gasteiger charge is 2.48. The van der Waals surface area contributed by atoms with Crippen LogP contribution >= 0.6 is 0 Å². The van der Waals surface area contributed by atoms with Crippen molar-refractivity contribution in [3.8, 4) is 0 Å². The molecule has 0 N–H and O–H groups in total. The van der Waals surface area contributed by atoms with E-state index in [-0.39, 0.29) is 18.1 Å². The summed E-state index contributed by atoms with van der Waals surface area (Å²) in [6.45, 7) is 0. The Bertz CT molecular complexity index is 664. The normalized spacial score (nSPS) is 30.3. The van der Waals surface area contributed by atoms with E-state index in [0.717, 1.165) is 12.1 Å². The van der Waals surface area contributed by atoms with Crippen molar-refractivity contribution in [1.29, 1.82) is 0 Å². The summed E-state index contributed by atoms with van der Waals surface area (Å²) in [4.78, 5) is 12.3. The summed E-state index contributed by atoms with van der Waals surface area (Å²) in [5.41, 5.74) is 0.430. The lowest BCUT2D eigenvalue weighted by molar-refractivity contribution is -0.122. The van der Waals surface area contributed by atoms with Gasteiger partial charge in [-0.15, -0.1) is 0 Å². The van der Waals surface area contributed by atoms with Crippen LogP contribution in [0.5, 0.6) is 0 Å². The zero-order valence-corrected chi connectivity index (χ0v) is 12.2. The fourth-order valence-corrected chi connectivity index (χ4v) is 5.94. The van der Waals surface area contributed by atoms with Gasteiger partial charge in [-0.1, -0.05) is 6.07 Å². The second-order valence-electron chi connectivity index (χ2n) is 5.97. The van der Waals surface area contributed by atoms with Gasteiger partial charge in [0.1, 0.15) is 5.78 Å². The van der Waals surface area contributed by atoms with E-state index in [0.29, 0.717) is 31.2 Å². The van der Waals surface area contributed by atoms with E-state index in [1.807, 2.05) is 0 Å². The molecule has 0 amide bonds. The molecule has 1 aromatic rings. The average Bonchev–Trinajstić information content (AvgIpc) is 2.63. The van der Waals surface area contributed by atoms with Gasteiger partial charge in [0.25, 0.3) is 0 Å². The number of carbonyl (C=O) groups is 1. The minimum absolute atomic E-state index is 0.0291. The Hall–Kier alpha value is -1.30. The van der Waals surface area contributed by atoms with Gasteiger partial charge in [-0.25, -0.2) is 17.2 Å². The number of benzene rings is 1. The first-order valence-electron chi connectivity index (χ1n) is 7.07. The van der Waals surface area contributed by atoms with E-state index in [9.17, 15) is 22.0 Å². The minimum Gasteiger partial charge on any atom is -0.299 e. The standard InChI is InChI=1S/C15H16F2O3S/c16-13-4-1-9(5-14(13)17)6-15(18)10-7-11-2-3-12(8-10)21(11,19)20/h1,4-5,10-12H,2-3,6-8H2. The van der Waals surface area contributed by atoms with Crippen LogP contribution in [-0.2, 0) is 21.1 Å². The third kappa shape index (κ3) is 2.61. The van der Waals surface area contributed by atoms with E-state index in [1.54, 1.807) is 0 Å². The second kappa shape index (κ2) is 5.16. The summed E-state index contributed by atoms with van der Waals surface area (Å²) in [6.07, 6.45) is 2.06. The summed E-state index contributed by atoms with van der Waals surface area (Å²) >= 11 is 0. The molecule has 2 aliphatic heterocycles. The number of Topliss-reactive ketones (excluding diaryl/α,β-unsaturated/α-hetero) is 1. The van der Waals surface area contributed by atoms with Crippen LogP contribution in [0, 0.1) is 17.6 Å². The molecule has 0 spiro atoms. The Balaban J connectivity index is 1.71. The van der Waals surface area contributed by atoms with Gasteiger partial charge < -0.3 is 0 Å². The molecule has 0 saturated carbocycles. The lowest BCUT2D eigenvalue weighted by Crippen LogP contribution is -2.36. The van der Waals surface area contributed by atoms with Gasteiger partial charge >= 0.3 is 0 Å². The molecule has 6 heteroatoms. The number of fused-ring (bicyclic) bond motifs is 2. The third-order valence-corrected chi connectivity index (χ3v) is 7.37. The van der Waals surface area contributed by atoms with Gasteiger partial charge in [0.15, 0.2) is 21.5 Å². The van der Waals surface area contributed by atoms with Crippen LogP contribution in [0.1, 0.15) is 31.2 Å². The van der Waals surface area contributed by atoms with E-state index in [1.165, 1.54) is 6.07 Å². The number of halogens is 2. The average molecular weight is 314 g/mol. The number of ketones is 1. The zero-order valence-electron chi connectivity index (χ0n) is 11.4. The van der Waals surface area contributed by atoms with Crippen molar-refractivity contribution in [2.75, 3.05) is 0 Å². The first kappa shape index (κ1) is 14.6. The van der Waals surface area contributed by atoms with Crippen LogP contribution in [0.15, 0.2) is 18.2 Å². The van der Waals surface area contributed by atoms with Crippen LogP contribution in [0.4, 0.5) is 8.78 Å². The molecule has 0 aliphatic carbocycles. The first-order valence-corrected chi connectivity index (χ1v) is 8.68. The second-order valence-corrected chi connectivity index (χ2v) is 8.48. The molecule has 21 heavy (non-hydrogen) atoms. The Labute approximate surface area is 122 Å². The lowest BCUT2D eigenvalue weighted by Gasteiger charge is -2.27. The largest absolute Gasteiger partial charge is 0.299 e. The molecular weight excluding hydrogens is 298 g/mol. The van der Waals surface area contributed by atoms with E-state index in [2.05, 4.69) is 0 Å². The SMILES string of the molecule is O=C(Cc1ccc(F)c(F)c1)C1CC2CCC(C1)S2(=O)=O. The molecule has 2 bridgehead atoms. The predicted molar refractivity (Wildman–Crippen MR) is 73.5 cm³/mol. The number of rotatable bonds is 3. The molecule has 3 nitrogen and oxygen atoms in total. The molecule has 2 saturated heterocycles. The summed E-state index contributed by atoms with van der Waals surface area (Å²) in [5.74, 6) is -2.26. The van der Waals surface area contributed by atoms with Crippen molar-refractivity contribution in [3.63, 3.8) is 0 Å². The van der Waals surface area contributed by atoms with E-state index < -0.39 is 32.0 Å². The van der Waals surface area contributed by atoms with Crippen molar-refractivity contribution >= 4 is 15.6 Å². The van der Waals surface area contributed by atoms with Crippen molar-refractivity contribution in [1.82, 2.24) is 0 Å². The smallest absolute Gasteiger partial charge is 0.159 e. The fourth-order valence-electron chi connectivity index (χ4n) is 3.47. The van der Waals surface area contributed by atoms with Crippen LogP contribution in [0.2, 0.25) is 0 Å². The van der Waals surface area contributed by atoms with Crippen molar-refractivity contribution in [2.24, 2.45) is 5.92 Å². The highest BCUT2D eigenvalue weighted by atomic mass is 32.2. The molecular formula is C15H16F2O3S. The molecule has 3 rings (SSSR count). The molecule has 2 atom stereocenters. The van der Waals surface area contributed by atoms with Crippen LogP contribution in [-0.4, -0.2) is 24.7 Å². The number of carbonyl (C=O) groups excluding carboxylic acids is 1. The van der Waals surface area contributed by atoms with Gasteiger partial charge in [-0.2, -0.15) is 0 Å². The maximum atomic E-state index is 13.1. The van der Waals surface area contributed by atoms with Gasteiger partial charge in [0, 0.05) is 12.3 Å². The lowest BCUT2D eigenvalue weighted by atomic mass is 9.91. The molecule has 0 radical (unpaired) electrons. The zero-order chi connectivity index (χ0) is 15.2. The van der Waals surface area contributed by atoms with Crippen molar-refractivity contribution in [3.05, 3.63) is 35.4 Å². The van der Waals surface area contributed by atoms with Gasteiger partial charge in [0.05, 0.1) is 10.5 Å². The number of sulfone groups is 1. The highest BCUT2D eigenvalue weighted by Crippen LogP contribution is 2.41. The Morgan fingerprint density at radius 3 is 2.29 bits per heavy atom.